The van der Waals surface area contributed by atoms with Crippen LogP contribution in [0.15, 0.2) is 66.2 Å². The molecule has 2 amide bonds. The zero-order chi connectivity index (χ0) is 26.1. The fraction of sp³-hybridized carbons (Fsp3) is 0.148. The Balaban J connectivity index is 1.70. The molecule has 0 unspecified atom stereocenters. The number of nitriles is 1. The van der Waals surface area contributed by atoms with Crippen LogP contribution in [0.3, 0.4) is 0 Å². The first-order valence-corrected chi connectivity index (χ1v) is 11.7. The van der Waals surface area contributed by atoms with Crippen LogP contribution in [0, 0.1) is 18.3 Å². The van der Waals surface area contributed by atoms with E-state index in [2.05, 4.69) is 10.6 Å². The van der Waals surface area contributed by atoms with E-state index in [1.807, 2.05) is 19.1 Å². The molecule has 0 saturated heterocycles. The standard InChI is InChI=1S/C27H23Cl2N3O4/c1-3-35-25-12-18(11-19(15-30)27(34)32-21-6-4-5-20(28)13-21)8-10-24(25)36-16-26(33)31-22-9-7-17(2)23(29)14-22/h4-14H,3,16H2,1-2H3,(H,31,33)(H,32,34)/b19-11-. The lowest BCUT2D eigenvalue weighted by molar-refractivity contribution is -0.118. The zero-order valence-electron chi connectivity index (χ0n) is 19.6. The summed E-state index contributed by atoms with van der Waals surface area (Å²) in [7, 11) is 0. The molecule has 0 fully saturated rings. The first-order valence-electron chi connectivity index (χ1n) is 10.9. The van der Waals surface area contributed by atoms with Crippen LogP contribution in [0.5, 0.6) is 11.5 Å². The molecule has 3 aromatic carbocycles. The van der Waals surface area contributed by atoms with E-state index in [0.29, 0.717) is 45.1 Å². The minimum atomic E-state index is -0.578. The van der Waals surface area contributed by atoms with E-state index in [9.17, 15) is 14.9 Å². The smallest absolute Gasteiger partial charge is 0.266 e. The van der Waals surface area contributed by atoms with Gasteiger partial charge >= 0.3 is 0 Å². The Morgan fingerprint density at radius 1 is 0.972 bits per heavy atom. The third-order valence-electron chi connectivity index (χ3n) is 4.84. The van der Waals surface area contributed by atoms with Crippen LogP contribution in [0.25, 0.3) is 6.08 Å². The van der Waals surface area contributed by atoms with Crippen molar-refractivity contribution in [1.29, 1.82) is 5.26 Å². The van der Waals surface area contributed by atoms with Gasteiger partial charge < -0.3 is 20.1 Å². The predicted molar refractivity (Wildman–Crippen MR) is 142 cm³/mol. The van der Waals surface area contributed by atoms with Crippen LogP contribution in [0.4, 0.5) is 11.4 Å². The molecule has 0 aliphatic carbocycles. The van der Waals surface area contributed by atoms with E-state index in [0.717, 1.165) is 5.56 Å². The van der Waals surface area contributed by atoms with Crippen LogP contribution < -0.4 is 20.1 Å². The summed E-state index contributed by atoms with van der Waals surface area (Å²) in [6.07, 6.45) is 1.43. The van der Waals surface area contributed by atoms with Crippen LogP contribution in [-0.2, 0) is 9.59 Å². The van der Waals surface area contributed by atoms with Gasteiger partial charge in [-0.05, 0) is 73.5 Å². The van der Waals surface area contributed by atoms with E-state index < -0.39 is 5.91 Å². The number of hydrogen-bond acceptors (Lipinski definition) is 5. The van der Waals surface area contributed by atoms with Crippen molar-refractivity contribution >= 4 is 52.5 Å². The number of amides is 2. The Morgan fingerprint density at radius 2 is 1.75 bits per heavy atom. The minimum absolute atomic E-state index is 0.109. The van der Waals surface area contributed by atoms with E-state index in [-0.39, 0.29) is 18.1 Å². The molecule has 3 rings (SSSR count). The average molecular weight is 524 g/mol. The number of aryl methyl sites for hydroxylation is 1. The molecule has 0 radical (unpaired) electrons. The Hall–Kier alpha value is -3.99. The average Bonchev–Trinajstić information content (AvgIpc) is 2.84. The lowest BCUT2D eigenvalue weighted by Crippen LogP contribution is -2.20. The van der Waals surface area contributed by atoms with Gasteiger partial charge in [0.05, 0.1) is 6.61 Å². The number of carbonyl (C=O) groups excluding carboxylic acids is 2. The molecular weight excluding hydrogens is 501 g/mol. The Kier molecular flexibility index (Phi) is 9.34. The topological polar surface area (TPSA) is 100 Å². The molecule has 0 aliphatic heterocycles. The molecule has 0 spiro atoms. The summed E-state index contributed by atoms with van der Waals surface area (Å²) in [5.74, 6) is -0.241. The van der Waals surface area contributed by atoms with Crippen LogP contribution in [-0.4, -0.2) is 25.0 Å². The normalized spacial score (nSPS) is 10.8. The second kappa shape index (κ2) is 12.6. The number of anilines is 2. The van der Waals surface area contributed by atoms with Crippen molar-refractivity contribution < 1.29 is 19.1 Å². The number of ether oxygens (including phenoxy) is 2. The highest BCUT2D eigenvalue weighted by molar-refractivity contribution is 6.31. The molecule has 9 heteroatoms. The lowest BCUT2D eigenvalue weighted by atomic mass is 10.1. The van der Waals surface area contributed by atoms with Crippen LogP contribution in [0.1, 0.15) is 18.1 Å². The van der Waals surface area contributed by atoms with Gasteiger partial charge in [0.1, 0.15) is 11.6 Å². The highest BCUT2D eigenvalue weighted by Gasteiger charge is 2.13. The second-order valence-corrected chi connectivity index (χ2v) is 8.42. The van der Waals surface area contributed by atoms with Gasteiger partial charge in [-0.15, -0.1) is 0 Å². The van der Waals surface area contributed by atoms with Gasteiger partial charge in [-0.25, -0.2) is 0 Å². The first-order chi connectivity index (χ1) is 17.3. The maximum Gasteiger partial charge on any atom is 0.266 e. The Bertz CT molecular complexity index is 1350. The van der Waals surface area contributed by atoms with E-state index in [4.69, 9.17) is 32.7 Å². The lowest BCUT2D eigenvalue weighted by Gasteiger charge is -2.13. The maximum absolute atomic E-state index is 12.6. The summed E-state index contributed by atoms with van der Waals surface area (Å²) in [6, 6.07) is 18.6. The minimum Gasteiger partial charge on any atom is -0.490 e. The number of nitrogens with one attached hydrogen (secondary N) is 2. The monoisotopic (exact) mass is 523 g/mol. The summed E-state index contributed by atoms with van der Waals surface area (Å²) in [5, 5.41) is 15.9. The number of halogens is 2. The molecule has 0 aromatic heterocycles. The highest BCUT2D eigenvalue weighted by atomic mass is 35.5. The Morgan fingerprint density at radius 3 is 2.44 bits per heavy atom. The second-order valence-electron chi connectivity index (χ2n) is 7.57. The third-order valence-corrected chi connectivity index (χ3v) is 5.48. The fourth-order valence-corrected chi connectivity index (χ4v) is 3.46. The van der Waals surface area contributed by atoms with Gasteiger partial charge in [-0.2, -0.15) is 5.26 Å². The van der Waals surface area contributed by atoms with Crippen LogP contribution >= 0.6 is 23.2 Å². The number of carbonyl (C=O) groups is 2. The van der Waals surface area contributed by atoms with Gasteiger partial charge in [0, 0.05) is 21.4 Å². The molecule has 7 nitrogen and oxygen atoms in total. The van der Waals surface area contributed by atoms with Crippen molar-refractivity contribution in [3.63, 3.8) is 0 Å². The molecule has 0 aliphatic rings. The molecule has 3 aromatic rings. The zero-order valence-corrected chi connectivity index (χ0v) is 21.1. The van der Waals surface area contributed by atoms with Crippen molar-refractivity contribution in [3.8, 4) is 17.6 Å². The van der Waals surface area contributed by atoms with E-state index in [1.165, 1.54) is 6.08 Å². The summed E-state index contributed by atoms with van der Waals surface area (Å²) < 4.78 is 11.3. The quantitative estimate of drug-likeness (QED) is 0.254. The number of nitrogens with zero attached hydrogens (tertiary/aromatic N) is 1. The van der Waals surface area contributed by atoms with E-state index in [1.54, 1.807) is 61.5 Å². The van der Waals surface area contributed by atoms with Gasteiger partial charge in [0.2, 0.25) is 0 Å². The summed E-state index contributed by atoms with van der Waals surface area (Å²) in [6.45, 7) is 3.76. The molecule has 0 saturated carbocycles. The first kappa shape index (κ1) is 26.6. The Labute approximate surface area is 219 Å². The van der Waals surface area contributed by atoms with Crippen molar-refractivity contribution in [1.82, 2.24) is 0 Å². The third kappa shape index (κ3) is 7.51. The molecule has 184 valence electrons. The summed E-state index contributed by atoms with van der Waals surface area (Å²) in [5.41, 5.74) is 2.37. The predicted octanol–water partition coefficient (Wildman–Crippen LogP) is 6.26. The molecule has 0 atom stereocenters. The molecular formula is C27H23Cl2N3O4. The number of hydrogen-bond donors (Lipinski definition) is 2. The van der Waals surface area contributed by atoms with Gasteiger partial charge in [0.15, 0.2) is 18.1 Å². The molecule has 0 heterocycles. The van der Waals surface area contributed by atoms with Crippen molar-refractivity contribution in [2.24, 2.45) is 0 Å². The highest BCUT2D eigenvalue weighted by Crippen LogP contribution is 2.30. The fourth-order valence-electron chi connectivity index (χ4n) is 3.09. The van der Waals surface area contributed by atoms with Crippen molar-refractivity contribution in [2.75, 3.05) is 23.8 Å². The van der Waals surface area contributed by atoms with Gasteiger partial charge in [-0.3, -0.25) is 9.59 Å². The summed E-state index contributed by atoms with van der Waals surface area (Å²) >= 11 is 12.0. The van der Waals surface area contributed by atoms with Crippen LogP contribution in [0.2, 0.25) is 10.0 Å². The van der Waals surface area contributed by atoms with Gasteiger partial charge in [-0.1, -0.05) is 41.4 Å². The number of benzene rings is 3. The molecule has 36 heavy (non-hydrogen) atoms. The van der Waals surface area contributed by atoms with Gasteiger partial charge in [0.25, 0.3) is 11.8 Å². The molecule has 0 bridgehead atoms. The SMILES string of the molecule is CCOc1cc(/C=C(/C#N)C(=O)Nc2cccc(Cl)c2)ccc1OCC(=O)Nc1ccc(C)c(Cl)c1. The summed E-state index contributed by atoms with van der Waals surface area (Å²) in [4.78, 5) is 24.9. The largest absolute Gasteiger partial charge is 0.490 e. The maximum atomic E-state index is 12.6. The number of rotatable bonds is 9. The van der Waals surface area contributed by atoms with E-state index >= 15 is 0 Å². The van der Waals surface area contributed by atoms with Crippen molar-refractivity contribution in [3.05, 3.63) is 87.4 Å². The van der Waals surface area contributed by atoms with Crippen molar-refractivity contribution in [2.45, 2.75) is 13.8 Å². The molecule has 2 N–H and O–H groups in total.